The summed E-state index contributed by atoms with van der Waals surface area (Å²) in [7, 11) is 1.54. The second kappa shape index (κ2) is 8.43. The first kappa shape index (κ1) is 19.2. The van der Waals surface area contributed by atoms with Crippen LogP contribution in [0.15, 0.2) is 40.9 Å². The number of carbonyl (C=O) groups excluding carboxylic acids is 2. The van der Waals surface area contributed by atoms with Crippen molar-refractivity contribution >= 4 is 33.4 Å². The lowest BCUT2D eigenvalue weighted by Gasteiger charge is -2.13. The highest BCUT2D eigenvalue weighted by atomic mass is 79.9. The molecule has 7 heteroatoms. The lowest BCUT2D eigenvalue weighted by molar-refractivity contribution is 0.0949. The van der Waals surface area contributed by atoms with Gasteiger partial charge in [0.1, 0.15) is 0 Å². The molecule has 2 aromatic rings. The molecule has 0 saturated heterocycles. The first-order chi connectivity index (χ1) is 13.0. The topological polar surface area (TPSA) is 76.7 Å². The quantitative estimate of drug-likeness (QED) is 0.692. The number of benzene rings is 2. The lowest BCUT2D eigenvalue weighted by Crippen LogP contribution is -2.25. The van der Waals surface area contributed by atoms with E-state index in [0.717, 1.165) is 12.8 Å². The summed E-state index contributed by atoms with van der Waals surface area (Å²) in [4.78, 5) is 24.8. The predicted molar refractivity (Wildman–Crippen MR) is 107 cm³/mol. The van der Waals surface area contributed by atoms with Gasteiger partial charge in [-0.15, -0.1) is 0 Å². The van der Waals surface area contributed by atoms with Gasteiger partial charge in [-0.3, -0.25) is 9.59 Å². The number of amides is 2. The van der Waals surface area contributed by atoms with Crippen LogP contribution in [0.3, 0.4) is 0 Å². The van der Waals surface area contributed by atoms with Crippen LogP contribution in [0.4, 0.5) is 5.69 Å². The minimum absolute atomic E-state index is 0.126. The second-order valence-corrected chi connectivity index (χ2v) is 7.06. The monoisotopic (exact) mass is 432 g/mol. The van der Waals surface area contributed by atoms with Crippen molar-refractivity contribution in [3.63, 3.8) is 0 Å². The number of ether oxygens (including phenoxy) is 2. The Balaban J connectivity index is 1.77. The van der Waals surface area contributed by atoms with Crippen molar-refractivity contribution in [1.29, 1.82) is 0 Å². The summed E-state index contributed by atoms with van der Waals surface area (Å²) in [5.41, 5.74) is 1.48. The van der Waals surface area contributed by atoms with E-state index in [4.69, 9.17) is 9.47 Å². The van der Waals surface area contributed by atoms with Gasteiger partial charge in [0.15, 0.2) is 11.5 Å². The molecule has 2 amide bonds. The molecule has 27 heavy (non-hydrogen) atoms. The third kappa shape index (κ3) is 4.80. The third-order valence-electron chi connectivity index (χ3n) is 4.07. The van der Waals surface area contributed by atoms with Gasteiger partial charge in [-0.25, -0.2) is 0 Å². The van der Waals surface area contributed by atoms with Gasteiger partial charge in [0.25, 0.3) is 11.8 Å². The molecule has 2 N–H and O–H groups in total. The first-order valence-electron chi connectivity index (χ1n) is 8.74. The van der Waals surface area contributed by atoms with Gasteiger partial charge in [0.05, 0.1) is 18.2 Å². The standard InChI is InChI=1S/C20H21BrN2O4/c1-3-27-17-11-13(10-16(21)18(17)26-2)20(25)23-15-6-4-5-12(9-15)19(24)22-14-7-8-14/h4-6,9-11,14H,3,7-8H2,1-2H3,(H,22,24)(H,23,25). The molecule has 1 fully saturated rings. The van der Waals surface area contributed by atoms with Crippen LogP contribution in [-0.2, 0) is 0 Å². The largest absolute Gasteiger partial charge is 0.492 e. The lowest BCUT2D eigenvalue weighted by atomic mass is 10.1. The molecule has 0 atom stereocenters. The molecule has 6 nitrogen and oxygen atoms in total. The summed E-state index contributed by atoms with van der Waals surface area (Å²) in [5.74, 6) is 0.586. The molecule has 1 aliphatic carbocycles. The van der Waals surface area contributed by atoms with Gasteiger partial charge in [0, 0.05) is 22.9 Å². The highest BCUT2D eigenvalue weighted by Gasteiger charge is 2.24. The zero-order valence-corrected chi connectivity index (χ0v) is 16.8. The van der Waals surface area contributed by atoms with E-state index in [9.17, 15) is 9.59 Å². The summed E-state index contributed by atoms with van der Waals surface area (Å²) in [6.45, 7) is 2.31. The van der Waals surface area contributed by atoms with Crippen molar-refractivity contribution < 1.29 is 19.1 Å². The molecule has 3 rings (SSSR count). The molecule has 0 radical (unpaired) electrons. The zero-order chi connectivity index (χ0) is 19.4. The number of halogens is 1. The van der Waals surface area contributed by atoms with Gasteiger partial charge in [0.2, 0.25) is 0 Å². The smallest absolute Gasteiger partial charge is 0.255 e. The molecule has 0 aromatic heterocycles. The van der Waals surface area contributed by atoms with E-state index in [-0.39, 0.29) is 17.9 Å². The van der Waals surface area contributed by atoms with Crippen LogP contribution in [0.25, 0.3) is 0 Å². The fraction of sp³-hybridized carbons (Fsp3) is 0.300. The Morgan fingerprint density at radius 3 is 2.59 bits per heavy atom. The van der Waals surface area contributed by atoms with Crippen molar-refractivity contribution in [2.75, 3.05) is 19.0 Å². The predicted octanol–water partition coefficient (Wildman–Crippen LogP) is 4.00. The molecule has 142 valence electrons. The minimum atomic E-state index is -0.306. The maximum atomic E-state index is 12.7. The van der Waals surface area contributed by atoms with E-state index in [2.05, 4.69) is 26.6 Å². The normalized spacial score (nSPS) is 13.0. The molecular formula is C20H21BrN2O4. The van der Waals surface area contributed by atoms with Crippen LogP contribution < -0.4 is 20.1 Å². The van der Waals surface area contributed by atoms with E-state index >= 15 is 0 Å². The SMILES string of the molecule is CCOc1cc(C(=O)Nc2cccc(C(=O)NC3CC3)c2)cc(Br)c1OC. The number of hydrogen-bond acceptors (Lipinski definition) is 4. The highest BCUT2D eigenvalue weighted by Crippen LogP contribution is 2.36. The average Bonchev–Trinajstić information content (AvgIpc) is 3.46. The van der Waals surface area contributed by atoms with Gasteiger partial charge in [-0.1, -0.05) is 6.07 Å². The number of anilines is 1. The van der Waals surface area contributed by atoms with Gasteiger partial charge < -0.3 is 20.1 Å². The van der Waals surface area contributed by atoms with E-state index in [1.54, 1.807) is 43.5 Å². The number of hydrogen-bond donors (Lipinski definition) is 2. The zero-order valence-electron chi connectivity index (χ0n) is 15.2. The maximum absolute atomic E-state index is 12.7. The van der Waals surface area contributed by atoms with Gasteiger partial charge >= 0.3 is 0 Å². The van der Waals surface area contributed by atoms with Crippen LogP contribution in [0.5, 0.6) is 11.5 Å². The van der Waals surface area contributed by atoms with Gasteiger partial charge in [-0.2, -0.15) is 0 Å². The van der Waals surface area contributed by atoms with E-state index in [1.807, 2.05) is 6.92 Å². The van der Waals surface area contributed by atoms with Crippen LogP contribution >= 0.6 is 15.9 Å². The molecule has 0 heterocycles. The number of nitrogens with one attached hydrogen (secondary N) is 2. The van der Waals surface area contributed by atoms with Crippen LogP contribution in [0.1, 0.15) is 40.5 Å². The molecule has 0 spiro atoms. The highest BCUT2D eigenvalue weighted by molar-refractivity contribution is 9.10. The van der Waals surface area contributed by atoms with Crippen molar-refractivity contribution in [1.82, 2.24) is 5.32 Å². The summed E-state index contributed by atoms with van der Waals surface area (Å²) >= 11 is 3.40. The van der Waals surface area contributed by atoms with Gasteiger partial charge in [-0.05, 0) is 66.0 Å². The summed E-state index contributed by atoms with van der Waals surface area (Å²) in [6, 6.07) is 10.5. The first-order valence-corrected chi connectivity index (χ1v) is 9.53. The van der Waals surface area contributed by atoms with Crippen molar-refractivity contribution in [3.05, 3.63) is 52.0 Å². The second-order valence-electron chi connectivity index (χ2n) is 6.21. The molecule has 0 aliphatic heterocycles. The molecule has 0 bridgehead atoms. The number of rotatable bonds is 7. The van der Waals surface area contributed by atoms with Crippen LogP contribution in [0, 0.1) is 0 Å². The third-order valence-corrected chi connectivity index (χ3v) is 4.66. The van der Waals surface area contributed by atoms with E-state index in [1.165, 1.54) is 0 Å². The number of carbonyl (C=O) groups is 2. The van der Waals surface area contributed by atoms with Crippen molar-refractivity contribution in [2.45, 2.75) is 25.8 Å². The summed E-state index contributed by atoms with van der Waals surface area (Å²) < 4.78 is 11.5. The average molecular weight is 433 g/mol. The van der Waals surface area contributed by atoms with Crippen LogP contribution in [-0.4, -0.2) is 31.6 Å². The number of methoxy groups -OCH3 is 1. The molecule has 1 saturated carbocycles. The molecule has 2 aromatic carbocycles. The molecule has 1 aliphatic rings. The van der Waals surface area contributed by atoms with Crippen molar-refractivity contribution in [2.24, 2.45) is 0 Å². The van der Waals surface area contributed by atoms with E-state index in [0.29, 0.717) is 39.4 Å². The Kier molecular flexibility index (Phi) is 6.01. The van der Waals surface area contributed by atoms with Crippen LogP contribution in [0.2, 0.25) is 0 Å². The summed E-state index contributed by atoms with van der Waals surface area (Å²) in [6.07, 6.45) is 2.05. The fourth-order valence-corrected chi connectivity index (χ4v) is 3.20. The minimum Gasteiger partial charge on any atom is -0.492 e. The Hall–Kier alpha value is -2.54. The Morgan fingerprint density at radius 1 is 1.15 bits per heavy atom. The van der Waals surface area contributed by atoms with E-state index < -0.39 is 0 Å². The molecular weight excluding hydrogens is 412 g/mol. The fourth-order valence-electron chi connectivity index (χ4n) is 2.60. The Labute approximate surface area is 166 Å². The maximum Gasteiger partial charge on any atom is 0.255 e. The molecule has 0 unspecified atom stereocenters. The Morgan fingerprint density at radius 2 is 1.93 bits per heavy atom. The Bertz CT molecular complexity index is 865. The summed E-state index contributed by atoms with van der Waals surface area (Å²) in [5, 5.41) is 5.76. The van der Waals surface area contributed by atoms with Crippen molar-refractivity contribution in [3.8, 4) is 11.5 Å².